The van der Waals surface area contributed by atoms with Gasteiger partial charge in [0.1, 0.15) is 17.6 Å². The fourth-order valence-electron chi connectivity index (χ4n) is 3.98. The molecule has 7 nitrogen and oxygen atoms in total. The number of ketones is 1. The number of benzene rings is 2. The van der Waals surface area contributed by atoms with E-state index in [1.807, 2.05) is 19.1 Å². The molecule has 34 heavy (non-hydrogen) atoms. The molecule has 2 aromatic heterocycles. The van der Waals surface area contributed by atoms with Crippen LogP contribution in [0.3, 0.4) is 0 Å². The maximum atomic E-state index is 13.3. The number of rotatable bonds is 4. The van der Waals surface area contributed by atoms with Gasteiger partial charge < -0.3 is 9.84 Å². The van der Waals surface area contributed by atoms with Gasteiger partial charge in [-0.05, 0) is 61.0 Å². The summed E-state index contributed by atoms with van der Waals surface area (Å²) in [5.74, 6) is -1.19. The number of aliphatic hydroxyl groups excluding tert-OH is 1. The average molecular weight is 492 g/mol. The molecule has 1 N–H and O–H groups in total. The second-order valence-corrected chi connectivity index (χ2v) is 9.16. The second-order valence-electron chi connectivity index (χ2n) is 7.72. The highest BCUT2D eigenvalue weighted by Crippen LogP contribution is 2.44. The van der Waals surface area contributed by atoms with E-state index >= 15 is 0 Å². The van der Waals surface area contributed by atoms with Crippen molar-refractivity contribution in [3.8, 4) is 5.75 Å². The Morgan fingerprint density at radius 2 is 1.91 bits per heavy atom. The normalized spacial score (nSPS) is 17.5. The predicted molar refractivity (Wildman–Crippen MR) is 131 cm³/mol. The number of hydrogen-bond donors (Lipinski definition) is 1. The summed E-state index contributed by atoms with van der Waals surface area (Å²) < 4.78 is 6.21. The lowest BCUT2D eigenvalue weighted by Crippen LogP contribution is -2.29. The zero-order valence-electron chi connectivity index (χ0n) is 18.2. The van der Waals surface area contributed by atoms with E-state index in [1.54, 1.807) is 55.8 Å². The van der Waals surface area contributed by atoms with Gasteiger partial charge in [0.2, 0.25) is 0 Å². The van der Waals surface area contributed by atoms with E-state index in [-0.39, 0.29) is 11.3 Å². The van der Waals surface area contributed by atoms with Crippen LogP contribution in [-0.2, 0) is 9.59 Å². The highest BCUT2D eigenvalue weighted by molar-refractivity contribution is 7.22. The number of amides is 1. The topological polar surface area (TPSA) is 92.6 Å². The first-order valence-electron chi connectivity index (χ1n) is 10.3. The lowest BCUT2D eigenvalue weighted by Gasteiger charge is -2.21. The first kappa shape index (κ1) is 22.1. The second kappa shape index (κ2) is 8.55. The van der Waals surface area contributed by atoms with Crippen molar-refractivity contribution in [2.75, 3.05) is 12.0 Å². The minimum absolute atomic E-state index is 0.0564. The molecule has 0 bridgehead atoms. The highest BCUT2D eigenvalue weighted by Gasteiger charge is 2.48. The molecule has 0 aliphatic carbocycles. The van der Waals surface area contributed by atoms with Crippen molar-refractivity contribution in [2.24, 2.45) is 0 Å². The number of aliphatic hydroxyl groups is 1. The molecule has 1 amide bonds. The molecule has 1 aliphatic rings. The van der Waals surface area contributed by atoms with Crippen molar-refractivity contribution in [3.05, 3.63) is 88.2 Å². The molecule has 4 aromatic rings. The molecule has 2 aromatic carbocycles. The Hall–Kier alpha value is -3.75. The molecule has 0 radical (unpaired) electrons. The summed E-state index contributed by atoms with van der Waals surface area (Å²) in [6.07, 6.45) is 1.57. The smallest absolute Gasteiger partial charge is 0.301 e. The van der Waals surface area contributed by atoms with E-state index in [1.165, 1.54) is 16.2 Å². The van der Waals surface area contributed by atoms with Crippen molar-refractivity contribution >= 4 is 55.7 Å². The van der Waals surface area contributed by atoms with Crippen LogP contribution in [0, 0.1) is 6.92 Å². The van der Waals surface area contributed by atoms with Crippen LogP contribution < -0.4 is 9.64 Å². The van der Waals surface area contributed by atoms with Crippen LogP contribution in [0.25, 0.3) is 16.0 Å². The summed E-state index contributed by atoms with van der Waals surface area (Å²) in [7, 11) is 1.59. The van der Waals surface area contributed by atoms with Crippen LogP contribution in [0.5, 0.6) is 5.75 Å². The van der Waals surface area contributed by atoms with Crippen LogP contribution >= 0.6 is 22.9 Å². The van der Waals surface area contributed by atoms with Gasteiger partial charge in [-0.3, -0.25) is 19.5 Å². The third-order valence-electron chi connectivity index (χ3n) is 5.63. The predicted octanol–water partition coefficient (Wildman–Crippen LogP) is 5.29. The van der Waals surface area contributed by atoms with Gasteiger partial charge in [-0.1, -0.05) is 29.0 Å². The van der Waals surface area contributed by atoms with E-state index in [2.05, 4.69) is 9.97 Å². The van der Waals surface area contributed by atoms with Crippen molar-refractivity contribution in [1.82, 2.24) is 9.97 Å². The van der Waals surface area contributed by atoms with Crippen LogP contribution in [0.15, 0.2) is 66.4 Å². The van der Waals surface area contributed by atoms with E-state index in [9.17, 15) is 14.7 Å². The number of ether oxygens (including phenoxy) is 1. The highest BCUT2D eigenvalue weighted by atomic mass is 35.5. The lowest BCUT2D eigenvalue weighted by atomic mass is 9.98. The molecule has 9 heteroatoms. The Morgan fingerprint density at radius 1 is 1.15 bits per heavy atom. The molecule has 1 unspecified atom stereocenters. The van der Waals surface area contributed by atoms with Gasteiger partial charge in [-0.25, -0.2) is 4.98 Å². The maximum Gasteiger partial charge on any atom is 0.301 e. The summed E-state index contributed by atoms with van der Waals surface area (Å²) in [5, 5.41) is 11.9. The number of thiazole rings is 1. The van der Waals surface area contributed by atoms with Crippen molar-refractivity contribution in [2.45, 2.75) is 13.0 Å². The number of Topliss-reactive ketones (excluding diaryl/α,β-unsaturated/α-hetero) is 1. The first-order valence-corrected chi connectivity index (χ1v) is 11.5. The van der Waals surface area contributed by atoms with Crippen molar-refractivity contribution in [1.29, 1.82) is 0 Å². The van der Waals surface area contributed by atoms with E-state index in [0.717, 1.165) is 10.3 Å². The number of anilines is 1. The molecule has 1 saturated heterocycles. The summed E-state index contributed by atoms with van der Waals surface area (Å²) >= 11 is 7.23. The summed E-state index contributed by atoms with van der Waals surface area (Å²) in [4.78, 5) is 36.8. The molecule has 1 atom stereocenters. The third kappa shape index (κ3) is 3.61. The van der Waals surface area contributed by atoms with Crippen LogP contribution in [0.1, 0.15) is 22.9 Å². The number of halogens is 1. The lowest BCUT2D eigenvalue weighted by molar-refractivity contribution is -0.132. The van der Waals surface area contributed by atoms with E-state index in [4.69, 9.17) is 16.3 Å². The number of methoxy groups -OCH3 is 1. The van der Waals surface area contributed by atoms with Gasteiger partial charge in [0.05, 0.1) is 28.6 Å². The number of carbonyl (C=O) groups is 2. The number of fused-ring (bicyclic) bond motifs is 1. The quantitative estimate of drug-likeness (QED) is 0.237. The Labute approximate surface area is 203 Å². The number of aromatic nitrogens is 2. The molecule has 3 heterocycles. The number of aryl methyl sites for hydroxylation is 1. The zero-order valence-corrected chi connectivity index (χ0v) is 19.7. The monoisotopic (exact) mass is 491 g/mol. The molecular weight excluding hydrogens is 474 g/mol. The SMILES string of the molecule is COc1cc2sc(N3C(=O)C(=O)/C(=C(/O)c4ccc(Cl)cc4)C3c3ccccn3)nc2cc1C. The molecule has 0 saturated carbocycles. The molecule has 5 rings (SSSR count). The Kier molecular flexibility index (Phi) is 5.55. The van der Waals surface area contributed by atoms with Gasteiger partial charge in [-0.15, -0.1) is 0 Å². The van der Waals surface area contributed by atoms with Gasteiger partial charge in [0, 0.05) is 16.8 Å². The summed E-state index contributed by atoms with van der Waals surface area (Å²) in [6, 6.07) is 14.4. The first-order chi connectivity index (χ1) is 16.4. The number of carbonyl (C=O) groups excluding carboxylic acids is 2. The summed E-state index contributed by atoms with van der Waals surface area (Å²) in [5.41, 5.74) is 2.33. The van der Waals surface area contributed by atoms with Crippen molar-refractivity contribution in [3.63, 3.8) is 0 Å². The van der Waals surface area contributed by atoms with Gasteiger partial charge in [0.25, 0.3) is 5.78 Å². The Balaban J connectivity index is 1.71. The third-order valence-corrected chi connectivity index (χ3v) is 6.90. The maximum absolute atomic E-state index is 13.3. The van der Waals surface area contributed by atoms with Gasteiger partial charge in [0.15, 0.2) is 5.13 Å². The minimum atomic E-state index is -0.944. The molecule has 0 spiro atoms. The number of pyridine rings is 1. The molecule has 1 aliphatic heterocycles. The molecule has 1 fully saturated rings. The molecule has 170 valence electrons. The zero-order chi connectivity index (χ0) is 24.0. The van der Waals surface area contributed by atoms with Crippen LogP contribution in [-0.4, -0.2) is 33.9 Å². The van der Waals surface area contributed by atoms with Gasteiger partial charge in [-0.2, -0.15) is 0 Å². The standard InChI is InChI=1S/C25H18ClN3O4S/c1-13-11-17-19(12-18(13)33-2)34-25(28-17)29-21(16-5-3-4-10-27-16)20(23(31)24(29)32)22(30)14-6-8-15(26)9-7-14/h3-12,21,30H,1-2H3/b22-20+. The van der Waals surface area contributed by atoms with Crippen LogP contribution in [0.4, 0.5) is 5.13 Å². The Bertz CT molecular complexity index is 1470. The van der Waals surface area contributed by atoms with Gasteiger partial charge >= 0.3 is 5.91 Å². The fourth-order valence-corrected chi connectivity index (χ4v) is 5.11. The van der Waals surface area contributed by atoms with Crippen molar-refractivity contribution < 1.29 is 19.4 Å². The number of hydrogen-bond acceptors (Lipinski definition) is 7. The minimum Gasteiger partial charge on any atom is -0.507 e. The number of nitrogens with zero attached hydrogens (tertiary/aromatic N) is 3. The Morgan fingerprint density at radius 3 is 2.59 bits per heavy atom. The van der Waals surface area contributed by atoms with E-state index < -0.39 is 17.7 Å². The largest absolute Gasteiger partial charge is 0.507 e. The molecular formula is C25H18ClN3O4S. The fraction of sp³-hybridized carbons (Fsp3) is 0.120. The van der Waals surface area contributed by atoms with E-state index in [0.29, 0.717) is 32.7 Å². The van der Waals surface area contributed by atoms with Crippen LogP contribution in [0.2, 0.25) is 5.02 Å². The average Bonchev–Trinajstić information content (AvgIpc) is 3.36. The summed E-state index contributed by atoms with van der Waals surface area (Å²) in [6.45, 7) is 1.91.